The zero-order valence-corrected chi connectivity index (χ0v) is 11.4. The molecule has 0 amide bonds. The molecule has 0 spiro atoms. The molecule has 1 aromatic rings. The number of hydrazine groups is 1. The van der Waals surface area contributed by atoms with Crippen molar-refractivity contribution < 1.29 is 22.3 Å². The molecule has 3 nitrogen and oxygen atoms in total. The van der Waals surface area contributed by atoms with E-state index >= 15 is 0 Å². The molecule has 1 aliphatic heterocycles. The third-order valence-corrected chi connectivity index (χ3v) is 3.70. The number of hydrogen-bond acceptors (Lipinski definition) is 3. The molecule has 118 valence electrons. The molecule has 0 bridgehead atoms. The molecule has 2 unspecified atom stereocenters. The normalized spacial score (nSPS) is 20.7. The summed E-state index contributed by atoms with van der Waals surface area (Å²) in [7, 11) is 0. The predicted molar refractivity (Wildman–Crippen MR) is 69.7 cm³/mol. The number of nitrogens with two attached hydrogens (primary N) is 1. The molecule has 3 N–H and O–H groups in total. The largest absolute Gasteiger partial charge is 0.419 e. The topological polar surface area (TPSA) is 47.3 Å². The Morgan fingerprint density at radius 2 is 2.14 bits per heavy atom. The van der Waals surface area contributed by atoms with Gasteiger partial charge in [-0.3, -0.25) is 11.3 Å². The molecule has 0 aromatic heterocycles. The van der Waals surface area contributed by atoms with Crippen LogP contribution in [0, 0.1) is 5.82 Å². The monoisotopic (exact) mass is 306 g/mol. The fraction of sp³-hybridized carbons (Fsp3) is 0.571. The molecule has 1 aliphatic rings. The van der Waals surface area contributed by atoms with Crippen molar-refractivity contribution in [3.05, 3.63) is 35.1 Å². The van der Waals surface area contributed by atoms with E-state index in [1.54, 1.807) is 0 Å². The number of hydrogen-bond donors (Lipinski definition) is 2. The van der Waals surface area contributed by atoms with Crippen LogP contribution in [-0.2, 0) is 10.9 Å². The zero-order valence-electron chi connectivity index (χ0n) is 11.4. The second-order valence-corrected chi connectivity index (χ2v) is 5.17. The van der Waals surface area contributed by atoms with Crippen LogP contribution in [0.4, 0.5) is 17.6 Å². The van der Waals surface area contributed by atoms with E-state index in [4.69, 9.17) is 10.6 Å². The quantitative estimate of drug-likeness (QED) is 0.498. The van der Waals surface area contributed by atoms with Crippen LogP contribution in [-0.4, -0.2) is 12.7 Å². The molecule has 1 heterocycles. The van der Waals surface area contributed by atoms with Gasteiger partial charge < -0.3 is 4.74 Å². The van der Waals surface area contributed by atoms with Crippen molar-refractivity contribution >= 4 is 0 Å². The summed E-state index contributed by atoms with van der Waals surface area (Å²) in [5, 5.41) is 0. The van der Waals surface area contributed by atoms with Gasteiger partial charge in [0, 0.05) is 12.6 Å². The Kier molecular flexibility index (Phi) is 5.18. The Morgan fingerprint density at radius 1 is 1.38 bits per heavy atom. The lowest BCUT2D eigenvalue weighted by Gasteiger charge is -2.20. The SMILES string of the molecule is NNC(CCC1CCCO1)c1ccc(F)c(C(F)(F)F)c1. The van der Waals surface area contributed by atoms with E-state index in [0.29, 0.717) is 18.4 Å². The number of rotatable bonds is 5. The van der Waals surface area contributed by atoms with E-state index in [1.165, 1.54) is 6.07 Å². The Bertz CT molecular complexity index is 473. The second kappa shape index (κ2) is 6.72. The Hall–Kier alpha value is -1.18. The van der Waals surface area contributed by atoms with Gasteiger partial charge in [0.2, 0.25) is 0 Å². The first-order valence-corrected chi connectivity index (χ1v) is 6.86. The average molecular weight is 306 g/mol. The summed E-state index contributed by atoms with van der Waals surface area (Å²) in [6.07, 6.45) is -1.40. The minimum atomic E-state index is -4.71. The molecule has 21 heavy (non-hydrogen) atoms. The summed E-state index contributed by atoms with van der Waals surface area (Å²) in [4.78, 5) is 0. The van der Waals surface area contributed by atoms with E-state index in [1.807, 2.05) is 0 Å². The van der Waals surface area contributed by atoms with Gasteiger partial charge >= 0.3 is 6.18 Å². The highest BCUT2D eigenvalue weighted by Gasteiger charge is 2.34. The van der Waals surface area contributed by atoms with Crippen LogP contribution in [0.3, 0.4) is 0 Å². The highest BCUT2D eigenvalue weighted by atomic mass is 19.4. The first kappa shape index (κ1) is 16.2. The third kappa shape index (κ3) is 4.15. The maximum absolute atomic E-state index is 13.3. The minimum Gasteiger partial charge on any atom is -0.378 e. The molecule has 1 aromatic carbocycles. The number of alkyl halides is 3. The first-order chi connectivity index (χ1) is 9.91. The summed E-state index contributed by atoms with van der Waals surface area (Å²) in [5.74, 6) is 4.14. The van der Waals surface area contributed by atoms with Crippen LogP contribution < -0.4 is 11.3 Å². The van der Waals surface area contributed by atoms with Gasteiger partial charge in [0.1, 0.15) is 5.82 Å². The number of ether oxygens (including phenoxy) is 1. The highest BCUT2D eigenvalue weighted by molar-refractivity contribution is 5.29. The van der Waals surface area contributed by atoms with Crippen LogP contribution in [0.5, 0.6) is 0 Å². The van der Waals surface area contributed by atoms with Crippen LogP contribution in [0.2, 0.25) is 0 Å². The maximum Gasteiger partial charge on any atom is 0.419 e. The number of benzene rings is 1. The van der Waals surface area contributed by atoms with Gasteiger partial charge in [0.15, 0.2) is 0 Å². The Morgan fingerprint density at radius 3 is 2.71 bits per heavy atom. The molecule has 1 saturated heterocycles. The Labute approximate surface area is 120 Å². The molecule has 0 aliphatic carbocycles. The molecule has 2 atom stereocenters. The summed E-state index contributed by atoms with van der Waals surface area (Å²) in [6, 6.07) is 2.50. The van der Waals surface area contributed by atoms with Crippen molar-refractivity contribution in [2.75, 3.05) is 6.61 Å². The molecule has 2 rings (SSSR count). The summed E-state index contributed by atoms with van der Waals surface area (Å²) in [6.45, 7) is 0.722. The van der Waals surface area contributed by atoms with Gasteiger partial charge in [0.05, 0.1) is 11.7 Å². The van der Waals surface area contributed by atoms with Crippen molar-refractivity contribution in [1.29, 1.82) is 0 Å². The van der Waals surface area contributed by atoms with Gasteiger partial charge in [-0.05, 0) is 43.4 Å². The minimum absolute atomic E-state index is 0.128. The molecule has 7 heteroatoms. The van der Waals surface area contributed by atoms with Crippen LogP contribution >= 0.6 is 0 Å². The van der Waals surface area contributed by atoms with Crippen LogP contribution in [0.1, 0.15) is 42.9 Å². The van der Waals surface area contributed by atoms with Crippen molar-refractivity contribution in [1.82, 2.24) is 5.43 Å². The lowest BCUT2D eigenvalue weighted by molar-refractivity contribution is -0.140. The fourth-order valence-corrected chi connectivity index (χ4v) is 2.55. The highest BCUT2D eigenvalue weighted by Crippen LogP contribution is 2.34. The fourth-order valence-electron chi connectivity index (χ4n) is 2.55. The summed E-state index contributed by atoms with van der Waals surface area (Å²) >= 11 is 0. The summed E-state index contributed by atoms with van der Waals surface area (Å²) < 4.78 is 56.9. The molecular weight excluding hydrogens is 288 g/mol. The zero-order chi connectivity index (χ0) is 15.5. The van der Waals surface area contributed by atoms with Gasteiger partial charge in [0.25, 0.3) is 0 Å². The predicted octanol–water partition coefficient (Wildman–Crippen LogP) is 3.31. The van der Waals surface area contributed by atoms with E-state index < -0.39 is 23.6 Å². The van der Waals surface area contributed by atoms with Gasteiger partial charge in [-0.15, -0.1) is 0 Å². The van der Waals surface area contributed by atoms with Gasteiger partial charge in [-0.1, -0.05) is 6.07 Å². The molecule has 0 saturated carbocycles. The van der Waals surface area contributed by atoms with Crippen molar-refractivity contribution in [3.8, 4) is 0 Å². The van der Waals surface area contributed by atoms with Crippen molar-refractivity contribution in [3.63, 3.8) is 0 Å². The van der Waals surface area contributed by atoms with Crippen LogP contribution in [0.25, 0.3) is 0 Å². The number of halogens is 4. The van der Waals surface area contributed by atoms with E-state index in [0.717, 1.165) is 31.6 Å². The number of nitrogens with one attached hydrogen (secondary N) is 1. The lowest BCUT2D eigenvalue weighted by atomic mass is 9.98. The van der Waals surface area contributed by atoms with E-state index in [-0.39, 0.29) is 6.10 Å². The first-order valence-electron chi connectivity index (χ1n) is 6.86. The molecule has 1 fully saturated rings. The van der Waals surface area contributed by atoms with E-state index in [2.05, 4.69) is 5.43 Å². The smallest absolute Gasteiger partial charge is 0.378 e. The van der Waals surface area contributed by atoms with Gasteiger partial charge in [-0.25, -0.2) is 4.39 Å². The lowest BCUT2D eigenvalue weighted by Crippen LogP contribution is -2.29. The molecule has 0 radical (unpaired) electrons. The van der Waals surface area contributed by atoms with Gasteiger partial charge in [-0.2, -0.15) is 13.2 Å². The molecular formula is C14H18F4N2O. The second-order valence-electron chi connectivity index (χ2n) is 5.17. The van der Waals surface area contributed by atoms with E-state index in [9.17, 15) is 17.6 Å². The maximum atomic E-state index is 13.3. The van der Waals surface area contributed by atoms with Crippen molar-refractivity contribution in [2.24, 2.45) is 5.84 Å². The Balaban J connectivity index is 2.10. The van der Waals surface area contributed by atoms with Crippen molar-refractivity contribution in [2.45, 2.75) is 44.0 Å². The van der Waals surface area contributed by atoms with Crippen LogP contribution in [0.15, 0.2) is 18.2 Å². The third-order valence-electron chi connectivity index (χ3n) is 3.70. The standard InChI is InChI=1S/C14H18F4N2O/c15-12-5-3-9(8-11(12)14(16,17)18)13(20-19)6-4-10-2-1-7-21-10/h3,5,8,10,13,20H,1-2,4,6-7,19H2. The summed E-state index contributed by atoms with van der Waals surface area (Å²) in [5.41, 5.74) is 1.55. The average Bonchev–Trinajstić information content (AvgIpc) is 2.93.